The number of amides is 2. The number of aromatic nitrogens is 1. The Balaban J connectivity index is 1.47. The standard InChI is InChI=1S/C17H23N3O4/c1-12(21)19-10-17(22)20-8-6-16-15(20)5-4-14(24-16)11-23-13-3-2-7-18-9-13/h2-3,7,9,14-16H,4-6,8,10-11H2,1H3,(H,19,21)/t14-,15-,16-/m0/s1. The van der Waals surface area contributed by atoms with Crippen LogP contribution in [0.1, 0.15) is 26.2 Å². The molecule has 3 rings (SSSR count). The first-order chi connectivity index (χ1) is 11.6. The summed E-state index contributed by atoms with van der Waals surface area (Å²) in [7, 11) is 0. The molecule has 7 heteroatoms. The zero-order valence-electron chi connectivity index (χ0n) is 13.8. The van der Waals surface area contributed by atoms with Crippen molar-refractivity contribution >= 4 is 11.8 Å². The molecule has 0 unspecified atom stereocenters. The molecule has 3 heterocycles. The van der Waals surface area contributed by atoms with Crippen LogP contribution in [-0.2, 0) is 14.3 Å². The van der Waals surface area contributed by atoms with Crippen LogP contribution in [0.3, 0.4) is 0 Å². The van der Waals surface area contributed by atoms with Gasteiger partial charge in [-0.3, -0.25) is 14.6 Å². The Kier molecular flexibility index (Phi) is 5.30. The number of ether oxygens (including phenoxy) is 2. The number of likely N-dealkylation sites (tertiary alicyclic amines) is 1. The number of pyridine rings is 1. The molecule has 2 aliphatic heterocycles. The third-order valence-electron chi connectivity index (χ3n) is 4.51. The van der Waals surface area contributed by atoms with Crippen LogP contribution in [0.5, 0.6) is 5.75 Å². The van der Waals surface area contributed by atoms with Gasteiger partial charge in [0.25, 0.3) is 0 Å². The van der Waals surface area contributed by atoms with Gasteiger partial charge in [0.15, 0.2) is 0 Å². The van der Waals surface area contributed by atoms with Crippen molar-refractivity contribution in [1.82, 2.24) is 15.2 Å². The summed E-state index contributed by atoms with van der Waals surface area (Å²) >= 11 is 0. The van der Waals surface area contributed by atoms with Crippen LogP contribution in [-0.4, -0.2) is 59.6 Å². The number of hydrogen-bond acceptors (Lipinski definition) is 5. The Hall–Kier alpha value is -2.15. The highest BCUT2D eigenvalue weighted by atomic mass is 16.5. The topological polar surface area (TPSA) is 80.8 Å². The maximum Gasteiger partial charge on any atom is 0.242 e. The third-order valence-corrected chi connectivity index (χ3v) is 4.51. The molecule has 3 atom stereocenters. The van der Waals surface area contributed by atoms with Crippen LogP contribution in [0.4, 0.5) is 0 Å². The minimum Gasteiger partial charge on any atom is -0.489 e. The lowest BCUT2D eigenvalue weighted by Gasteiger charge is -2.35. The molecule has 130 valence electrons. The maximum atomic E-state index is 12.2. The van der Waals surface area contributed by atoms with E-state index in [2.05, 4.69) is 10.3 Å². The SMILES string of the molecule is CC(=O)NCC(=O)N1CC[C@@H]2O[C@H](COc3cccnc3)CC[C@@H]21. The van der Waals surface area contributed by atoms with Gasteiger partial charge in [-0.1, -0.05) is 0 Å². The minimum absolute atomic E-state index is 0.0358. The van der Waals surface area contributed by atoms with Crippen LogP contribution in [0, 0.1) is 0 Å². The van der Waals surface area contributed by atoms with Crippen LogP contribution in [0.2, 0.25) is 0 Å². The van der Waals surface area contributed by atoms with Gasteiger partial charge in [0, 0.05) is 19.7 Å². The predicted molar refractivity (Wildman–Crippen MR) is 86.4 cm³/mol. The van der Waals surface area contributed by atoms with E-state index in [4.69, 9.17) is 9.47 Å². The molecule has 24 heavy (non-hydrogen) atoms. The van der Waals surface area contributed by atoms with Gasteiger partial charge in [-0.25, -0.2) is 0 Å². The normalized spacial score (nSPS) is 25.9. The van der Waals surface area contributed by atoms with Crippen molar-refractivity contribution < 1.29 is 19.1 Å². The lowest BCUT2D eigenvalue weighted by molar-refractivity contribution is -0.138. The highest BCUT2D eigenvalue weighted by Crippen LogP contribution is 2.31. The second-order valence-electron chi connectivity index (χ2n) is 6.23. The summed E-state index contributed by atoms with van der Waals surface area (Å²) in [5, 5.41) is 2.57. The van der Waals surface area contributed by atoms with E-state index < -0.39 is 0 Å². The summed E-state index contributed by atoms with van der Waals surface area (Å²) in [6.07, 6.45) is 6.07. The fraction of sp³-hybridized carbons (Fsp3) is 0.588. The van der Waals surface area contributed by atoms with Gasteiger partial charge >= 0.3 is 0 Å². The third kappa shape index (κ3) is 4.03. The molecule has 0 saturated carbocycles. The van der Waals surface area contributed by atoms with Crippen LogP contribution >= 0.6 is 0 Å². The van der Waals surface area contributed by atoms with Crippen molar-refractivity contribution in [3.8, 4) is 5.75 Å². The Morgan fingerprint density at radius 1 is 1.42 bits per heavy atom. The molecule has 2 aliphatic rings. The second kappa shape index (κ2) is 7.61. The number of hydrogen-bond donors (Lipinski definition) is 1. The molecular formula is C17H23N3O4. The minimum atomic E-state index is -0.188. The van der Waals surface area contributed by atoms with E-state index in [1.807, 2.05) is 17.0 Å². The first kappa shape index (κ1) is 16.7. The molecule has 0 spiro atoms. The second-order valence-corrected chi connectivity index (χ2v) is 6.23. The first-order valence-electron chi connectivity index (χ1n) is 8.35. The smallest absolute Gasteiger partial charge is 0.242 e. The Morgan fingerprint density at radius 2 is 2.29 bits per heavy atom. The Morgan fingerprint density at radius 3 is 3.04 bits per heavy atom. The Bertz CT molecular complexity index is 580. The number of carbonyl (C=O) groups is 2. The fourth-order valence-electron chi connectivity index (χ4n) is 3.35. The van der Waals surface area contributed by atoms with E-state index in [1.165, 1.54) is 6.92 Å². The molecule has 0 aliphatic carbocycles. The summed E-state index contributed by atoms with van der Waals surface area (Å²) in [4.78, 5) is 29.0. The van der Waals surface area contributed by atoms with Crippen molar-refractivity contribution in [2.45, 2.75) is 44.4 Å². The summed E-state index contributed by atoms with van der Waals surface area (Å²) < 4.78 is 11.8. The maximum absolute atomic E-state index is 12.2. The first-order valence-corrected chi connectivity index (χ1v) is 8.35. The van der Waals surface area contributed by atoms with Crippen molar-refractivity contribution in [1.29, 1.82) is 0 Å². The zero-order valence-corrected chi connectivity index (χ0v) is 13.8. The molecule has 1 N–H and O–H groups in total. The lowest BCUT2D eigenvalue weighted by Crippen LogP contribution is -2.48. The zero-order chi connectivity index (χ0) is 16.9. The van der Waals surface area contributed by atoms with E-state index in [9.17, 15) is 9.59 Å². The molecule has 1 aromatic rings. The van der Waals surface area contributed by atoms with Crippen molar-refractivity contribution in [3.63, 3.8) is 0 Å². The van der Waals surface area contributed by atoms with E-state index in [-0.39, 0.29) is 36.6 Å². The molecule has 7 nitrogen and oxygen atoms in total. The molecule has 2 fully saturated rings. The molecule has 2 amide bonds. The summed E-state index contributed by atoms with van der Waals surface area (Å²) in [6, 6.07) is 3.82. The van der Waals surface area contributed by atoms with E-state index in [0.717, 1.165) is 25.0 Å². The van der Waals surface area contributed by atoms with Crippen LogP contribution in [0.15, 0.2) is 24.5 Å². The highest BCUT2D eigenvalue weighted by Gasteiger charge is 2.41. The van der Waals surface area contributed by atoms with E-state index in [0.29, 0.717) is 13.2 Å². The van der Waals surface area contributed by atoms with Crippen molar-refractivity contribution in [3.05, 3.63) is 24.5 Å². The molecule has 0 bridgehead atoms. The Labute approximate surface area is 141 Å². The quantitative estimate of drug-likeness (QED) is 0.860. The van der Waals surface area contributed by atoms with Gasteiger partial charge in [-0.2, -0.15) is 0 Å². The summed E-state index contributed by atoms with van der Waals surface area (Å²) in [6.45, 7) is 2.65. The number of fused-ring (bicyclic) bond motifs is 1. The summed E-state index contributed by atoms with van der Waals surface area (Å²) in [5.74, 6) is 0.514. The van der Waals surface area contributed by atoms with Crippen molar-refractivity contribution in [2.75, 3.05) is 19.7 Å². The van der Waals surface area contributed by atoms with Gasteiger partial charge in [0.05, 0.1) is 31.0 Å². The lowest BCUT2D eigenvalue weighted by atomic mass is 9.99. The largest absolute Gasteiger partial charge is 0.489 e. The summed E-state index contributed by atoms with van der Waals surface area (Å²) in [5.41, 5.74) is 0. The van der Waals surface area contributed by atoms with Gasteiger partial charge in [0.2, 0.25) is 11.8 Å². The number of rotatable bonds is 5. The molecule has 0 aromatic carbocycles. The van der Waals surface area contributed by atoms with Gasteiger partial charge in [-0.15, -0.1) is 0 Å². The van der Waals surface area contributed by atoms with Gasteiger partial charge < -0.3 is 19.7 Å². The molecular weight excluding hydrogens is 310 g/mol. The highest BCUT2D eigenvalue weighted by molar-refractivity contribution is 5.84. The van der Waals surface area contributed by atoms with E-state index >= 15 is 0 Å². The molecule has 2 saturated heterocycles. The van der Waals surface area contributed by atoms with Crippen molar-refractivity contribution in [2.24, 2.45) is 0 Å². The van der Waals surface area contributed by atoms with Crippen LogP contribution < -0.4 is 10.1 Å². The number of nitrogens with one attached hydrogen (secondary N) is 1. The fourth-order valence-corrected chi connectivity index (χ4v) is 3.35. The van der Waals surface area contributed by atoms with Gasteiger partial charge in [-0.05, 0) is 31.4 Å². The molecule has 1 aromatic heterocycles. The molecule has 0 radical (unpaired) electrons. The van der Waals surface area contributed by atoms with Crippen LogP contribution in [0.25, 0.3) is 0 Å². The number of carbonyl (C=O) groups excluding carboxylic acids is 2. The van der Waals surface area contributed by atoms with Gasteiger partial charge in [0.1, 0.15) is 12.4 Å². The monoisotopic (exact) mass is 333 g/mol. The average molecular weight is 333 g/mol. The predicted octanol–water partition coefficient (Wildman–Crippen LogP) is 0.745. The average Bonchev–Trinajstić information content (AvgIpc) is 3.02. The number of nitrogens with zero attached hydrogens (tertiary/aromatic N) is 2. The van der Waals surface area contributed by atoms with E-state index in [1.54, 1.807) is 12.4 Å².